The van der Waals surface area contributed by atoms with Crippen molar-refractivity contribution in [2.75, 3.05) is 0 Å². The van der Waals surface area contributed by atoms with Crippen LogP contribution in [0.3, 0.4) is 0 Å². The second-order valence-corrected chi connectivity index (χ2v) is 4.98. The zero-order chi connectivity index (χ0) is 9.12. The molecule has 72 valence electrons. The molecule has 1 nitrogen and oxygen atoms in total. The van der Waals surface area contributed by atoms with E-state index in [1.54, 1.807) is 0 Å². The minimum Gasteiger partial charge on any atom is -0.489 e. The van der Waals surface area contributed by atoms with E-state index >= 15 is 0 Å². The van der Waals surface area contributed by atoms with Crippen LogP contribution in [0, 0.1) is 11.8 Å². The average Bonchev–Trinajstić information content (AvgIpc) is 2.88. The van der Waals surface area contributed by atoms with Crippen LogP contribution in [0.4, 0.5) is 0 Å². The van der Waals surface area contributed by atoms with Gasteiger partial charge in [-0.2, -0.15) is 0 Å². The highest BCUT2D eigenvalue weighted by Gasteiger charge is 2.53. The third-order valence-corrected chi connectivity index (χ3v) is 4.38. The van der Waals surface area contributed by atoms with Crippen molar-refractivity contribution in [3.8, 4) is 5.75 Å². The number of rotatable bonds is 0. The van der Waals surface area contributed by atoms with Crippen LogP contribution in [0.1, 0.15) is 30.7 Å². The molecule has 4 atom stereocenters. The molecular formula is C13H14O. The monoisotopic (exact) mass is 186 g/mol. The quantitative estimate of drug-likeness (QED) is 0.605. The summed E-state index contributed by atoms with van der Waals surface area (Å²) in [6, 6.07) is 8.63. The maximum absolute atomic E-state index is 6.06. The van der Waals surface area contributed by atoms with Crippen LogP contribution in [0.25, 0.3) is 0 Å². The number of hydrogen-bond acceptors (Lipinski definition) is 1. The highest BCUT2D eigenvalue weighted by Crippen LogP contribution is 2.59. The van der Waals surface area contributed by atoms with Crippen molar-refractivity contribution in [2.24, 2.45) is 11.8 Å². The molecule has 0 aromatic heterocycles. The van der Waals surface area contributed by atoms with E-state index in [2.05, 4.69) is 24.3 Å². The standard InChI is InChI=1S/C13H14O/c1-2-4-11-10(3-1)12-8-5-6-9(7-8)13(12)14-11/h1-4,8-9,12-13H,5-7H2/t8-,9+,12-,13-/m1/s1. The molecular weight excluding hydrogens is 172 g/mol. The first-order valence-corrected chi connectivity index (χ1v) is 5.69. The zero-order valence-electron chi connectivity index (χ0n) is 8.15. The van der Waals surface area contributed by atoms with Crippen molar-refractivity contribution < 1.29 is 4.74 Å². The van der Waals surface area contributed by atoms with Crippen LogP contribution in [-0.4, -0.2) is 6.10 Å². The molecule has 4 rings (SSSR count). The van der Waals surface area contributed by atoms with Gasteiger partial charge in [-0.1, -0.05) is 18.2 Å². The molecule has 1 heteroatoms. The van der Waals surface area contributed by atoms with Crippen molar-refractivity contribution in [3.63, 3.8) is 0 Å². The third kappa shape index (κ3) is 0.727. The summed E-state index contributed by atoms with van der Waals surface area (Å²) in [6.07, 6.45) is 4.79. The van der Waals surface area contributed by atoms with E-state index in [1.807, 2.05) is 0 Å². The van der Waals surface area contributed by atoms with Crippen LogP contribution >= 0.6 is 0 Å². The Balaban J connectivity index is 1.86. The summed E-state index contributed by atoms with van der Waals surface area (Å²) in [5.74, 6) is 3.69. The number of ether oxygens (including phenoxy) is 1. The second kappa shape index (κ2) is 2.33. The fourth-order valence-corrected chi connectivity index (χ4v) is 3.85. The molecule has 1 aliphatic heterocycles. The summed E-state index contributed by atoms with van der Waals surface area (Å²) in [6.45, 7) is 0. The molecule has 0 saturated heterocycles. The van der Waals surface area contributed by atoms with E-state index < -0.39 is 0 Å². The van der Waals surface area contributed by atoms with E-state index in [0.29, 0.717) is 6.10 Å². The highest BCUT2D eigenvalue weighted by molar-refractivity contribution is 5.43. The van der Waals surface area contributed by atoms with Crippen LogP contribution in [0.2, 0.25) is 0 Å². The average molecular weight is 186 g/mol. The molecule has 0 unspecified atom stereocenters. The van der Waals surface area contributed by atoms with E-state index in [4.69, 9.17) is 4.74 Å². The Morgan fingerprint density at radius 2 is 1.93 bits per heavy atom. The Bertz CT molecular complexity index is 385. The predicted octanol–water partition coefficient (Wildman–Crippen LogP) is 2.96. The molecule has 0 N–H and O–H groups in total. The van der Waals surface area contributed by atoms with Crippen LogP contribution < -0.4 is 4.74 Å². The van der Waals surface area contributed by atoms with Gasteiger partial charge in [0.25, 0.3) is 0 Å². The molecule has 1 aromatic carbocycles. The molecule has 1 aromatic rings. The molecule has 1 heterocycles. The van der Waals surface area contributed by atoms with Crippen LogP contribution in [0.5, 0.6) is 5.75 Å². The molecule has 0 radical (unpaired) electrons. The summed E-state index contributed by atoms with van der Waals surface area (Å²) in [7, 11) is 0. The normalized spacial score (nSPS) is 42.0. The van der Waals surface area contributed by atoms with Gasteiger partial charge >= 0.3 is 0 Å². The first kappa shape index (κ1) is 7.33. The third-order valence-electron chi connectivity index (χ3n) is 4.38. The fraction of sp³-hybridized carbons (Fsp3) is 0.538. The lowest BCUT2D eigenvalue weighted by Gasteiger charge is -2.23. The van der Waals surface area contributed by atoms with E-state index in [9.17, 15) is 0 Å². The van der Waals surface area contributed by atoms with Crippen molar-refractivity contribution in [1.29, 1.82) is 0 Å². The summed E-state index contributed by atoms with van der Waals surface area (Å²) < 4.78 is 6.06. The number of hydrogen-bond donors (Lipinski definition) is 0. The Kier molecular flexibility index (Phi) is 1.22. The molecule has 3 aliphatic rings. The molecule has 2 saturated carbocycles. The lowest BCUT2D eigenvalue weighted by atomic mass is 9.83. The van der Waals surface area contributed by atoms with E-state index in [0.717, 1.165) is 17.8 Å². The van der Waals surface area contributed by atoms with Gasteiger partial charge in [0, 0.05) is 11.5 Å². The first-order chi connectivity index (χ1) is 6.93. The number of para-hydroxylation sites is 1. The van der Waals surface area contributed by atoms with Gasteiger partial charge in [0.05, 0.1) is 0 Å². The van der Waals surface area contributed by atoms with Crippen molar-refractivity contribution in [2.45, 2.75) is 31.3 Å². The van der Waals surface area contributed by atoms with Gasteiger partial charge in [0.15, 0.2) is 0 Å². The Hall–Kier alpha value is -0.980. The van der Waals surface area contributed by atoms with Gasteiger partial charge in [0.1, 0.15) is 11.9 Å². The molecule has 2 bridgehead atoms. The van der Waals surface area contributed by atoms with Gasteiger partial charge in [-0.05, 0) is 37.2 Å². The largest absolute Gasteiger partial charge is 0.489 e. The van der Waals surface area contributed by atoms with Crippen LogP contribution in [0.15, 0.2) is 24.3 Å². The predicted molar refractivity (Wildman–Crippen MR) is 54.4 cm³/mol. The van der Waals surface area contributed by atoms with E-state index in [1.165, 1.54) is 30.6 Å². The molecule has 2 aliphatic carbocycles. The smallest absolute Gasteiger partial charge is 0.123 e. The van der Waals surface area contributed by atoms with Gasteiger partial charge in [-0.25, -0.2) is 0 Å². The lowest BCUT2D eigenvalue weighted by molar-refractivity contribution is 0.148. The summed E-state index contributed by atoms with van der Waals surface area (Å²) in [5.41, 5.74) is 1.49. The summed E-state index contributed by atoms with van der Waals surface area (Å²) >= 11 is 0. The summed E-state index contributed by atoms with van der Waals surface area (Å²) in [4.78, 5) is 0. The van der Waals surface area contributed by atoms with Crippen molar-refractivity contribution in [1.82, 2.24) is 0 Å². The Morgan fingerprint density at radius 1 is 1.07 bits per heavy atom. The highest BCUT2D eigenvalue weighted by atomic mass is 16.5. The molecule has 0 amide bonds. The SMILES string of the molecule is c1ccc2c(c1)O[C@@H]1[C@H]3CC[C@H](C3)[C@H]21. The van der Waals surface area contributed by atoms with E-state index in [-0.39, 0.29) is 0 Å². The van der Waals surface area contributed by atoms with Crippen molar-refractivity contribution in [3.05, 3.63) is 29.8 Å². The molecule has 2 fully saturated rings. The Morgan fingerprint density at radius 3 is 2.93 bits per heavy atom. The Labute approximate surface area is 84.1 Å². The number of fused-ring (bicyclic) bond motifs is 7. The lowest BCUT2D eigenvalue weighted by Crippen LogP contribution is -2.25. The molecule has 0 spiro atoms. The zero-order valence-corrected chi connectivity index (χ0v) is 8.15. The van der Waals surface area contributed by atoms with Crippen LogP contribution in [-0.2, 0) is 0 Å². The minimum atomic E-state index is 0.533. The number of benzene rings is 1. The van der Waals surface area contributed by atoms with Gasteiger partial charge in [-0.3, -0.25) is 0 Å². The fourth-order valence-electron chi connectivity index (χ4n) is 3.85. The topological polar surface area (TPSA) is 9.23 Å². The summed E-state index contributed by atoms with van der Waals surface area (Å²) in [5, 5.41) is 0. The minimum absolute atomic E-state index is 0.533. The second-order valence-electron chi connectivity index (χ2n) is 4.98. The van der Waals surface area contributed by atoms with Crippen molar-refractivity contribution >= 4 is 0 Å². The first-order valence-electron chi connectivity index (χ1n) is 5.69. The molecule has 14 heavy (non-hydrogen) atoms. The van der Waals surface area contributed by atoms with Gasteiger partial charge < -0.3 is 4.74 Å². The van der Waals surface area contributed by atoms with Gasteiger partial charge in [0.2, 0.25) is 0 Å². The maximum atomic E-state index is 6.06. The maximum Gasteiger partial charge on any atom is 0.123 e. The van der Waals surface area contributed by atoms with Gasteiger partial charge in [-0.15, -0.1) is 0 Å².